The van der Waals surface area contributed by atoms with E-state index in [1.807, 2.05) is 67.7 Å². The topological polar surface area (TPSA) is 135 Å². The lowest BCUT2D eigenvalue weighted by Crippen LogP contribution is -2.56. The minimum Gasteiger partial charge on any atom is -0.476 e. The van der Waals surface area contributed by atoms with Gasteiger partial charge in [-0.25, -0.2) is 19.5 Å². The summed E-state index contributed by atoms with van der Waals surface area (Å²) in [6, 6.07) is 5.57. The Kier molecular flexibility index (Phi) is 10.1. The van der Waals surface area contributed by atoms with Crippen LogP contribution in [0.3, 0.4) is 0 Å². The first-order chi connectivity index (χ1) is 20.0. The summed E-state index contributed by atoms with van der Waals surface area (Å²) < 4.78 is 7.95. The fourth-order valence-electron chi connectivity index (χ4n) is 6.22. The number of carboxylic acids is 1. The number of urea groups is 1. The number of oxazole rings is 1. The van der Waals surface area contributed by atoms with Crippen LogP contribution in [0.1, 0.15) is 99.5 Å². The summed E-state index contributed by atoms with van der Waals surface area (Å²) in [5.74, 6) is -1.49. The monoisotopic (exact) mass is 579 g/mol. The van der Waals surface area contributed by atoms with Gasteiger partial charge in [0.1, 0.15) is 11.8 Å². The molecule has 0 unspecified atom stereocenters. The van der Waals surface area contributed by atoms with E-state index >= 15 is 0 Å². The minimum absolute atomic E-state index is 0.0105. The number of amides is 3. The van der Waals surface area contributed by atoms with Gasteiger partial charge in [0.25, 0.3) is 0 Å². The van der Waals surface area contributed by atoms with Crippen molar-refractivity contribution in [3.8, 4) is 0 Å². The number of aryl methyl sites for hydroxylation is 2. The van der Waals surface area contributed by atoms with E-state index in [1.165, 1.54) is 11.8 Å². The maximum atomic E-state index is 14.6. The highest BCUT2D eigenvalue weighted by Gasteiger charge is 2.41. The Balaban J connectivity index is 1.88. The van der Waals surface area contributed by atoms with Crippen molar-refractivity contribution in [3.63, 3.8) is 0 Å². The fraction of sp³-hybridized carbons (Fsp3) is 0.562. The highest BCUT2D eigenvalue weighted by atomic mass is 16.4. The van der Waals surface area contributed by atoms with Crippen molar-refractivity contribution in [2.24, 2.45) is 18.7 Å². The van der Waals surface area contributed by atoms with Gasteiger partial charge in [-0.2, -0.15) is 0 Å². The smallest absolute Gasteiger partial charge is 0.358 e. The van der Waals surface area contributed by atoms with Crippen molar-refractivity contribution in [2.75, 3.05) is 6.54 Å². The highest BCUT2D eigenvalue weighted by molar-refractivity contribution is 5.98. The van der Waals surface area contributed by atoms with Crippen LogP contribution >= 0.6 is 0 Å². The number of carbonyl (C=O) groups is 3. The number of aromatic nitrogens is 2. The maximum absolute atomic E-state index is 14.6. The van der Waals surface area contributed by atoms with Crippen LogP contribution < -0.4 is 5.73 Å². The summed E-state index contributed by atoms with van der Waals surface area (Å²) in [4.78, 5) is 48.3. The first kappa shape index (κ1) is 31.3. The van der Waals surface area contributed by atoms with Crippen LogP contribution in [0, 0.1) is 12.8 Å². The number of hydrogen-bond acceptors (Lipinski definition) is 6. The number of imide groups is 1. The van der Waals surface area contributed by atoms with Gasteiger partial charge < -0.3 is 24.7 Å². The lowest BCUT2D eigenvalue weighted by Gasteiger charge is -2.40. The van der Waals surface area contributed by atoms with E-state index < -0.39 is 30.0 Å². The fourth-order valence-corrected chi connectivity index (χ4v) is 6.22. The molecule has 228 valence electrons. The number of rotatable bonds is 11. The van der Waals surface area contributed by atoms with Crippen molar-refractivity contribution in [1.29, 1.82) is 0 Å². The van der Waals surface area contributed by atoms with E-state index in [0.717, 1.165) is 55.0 Å². The third kappa shape index (κ3) is 6.69. The Bertz CT molecular complexity index is 1400. The molecule has 3 N–H and O–H groups in total. The quantitative estimate of drug-likeness (QED) is 0.292. The highest BCUT2D eigenvalue weighted by Crippen LogP contribution is 2.34. The van der Waals surface area contributed by atoms with E-state index in [-0.39, 0.29) is 35.7 Å². The number of carboxylic acid groups (broad SMARTS) is 1. The summed E-state index contributed by atoms with van der Waals surface area (Å²) in [5, 5.41) is 10.7. The molecule has 10 nitrogen and oxygen atoms in total. The van der Waals surface area contributed by atoms with Crippen molar-refractivity contribution in [3.05, 3.63) is 53.4 Å². The molecule has 2 atom stereocenters. The molecule has 42 heavy (non-hydrogen) atoms. The van der Waals surface area contributed by atoms with Crippen LogP contribution in [0.5, 0.6) is 0 Å². The molecule has 0 saturated heterocycles. The lowest BCUT2D eigenvalue weighted by molar-refractivity contribution is -0.133. The molecular formula is C32H45N5O5. The van der Waals surface area contributed by atoms with Crippen molar-refractivity contribution in [2.45, 2.75) is 97.2 Å². The summed E-state index contributed by atoms with van der Waals surface area (Å²) >= 11 is 0. The minimum atomic E-state index is -1.23. The third-order valence-corrected chi connectivity index (χ3v) is 8.22. The molecule has 1 aliphatic rings. The predicted octanol–water partition coefficient (Wildman–Crippen LogP) is 5.82. The molecule has 1 saturated carbocycles. The molecule has 1 aromatic carbocycles. The predicted molar refractivity (Wildman–Crippen MR) is 161 cm³/mol. The normalized spacial score (nSPS) is 15.6. The first-order valence-corrected chi connectivity index (χ1v) is 15.2. The molecule has 3 amide bonds. The van der Waals surface area contributed by atoms with Crippen LogP contribution in [-0.4, -0.2) is 61.0 Å². The second kappa shape index (κ2) is 13.5. The number of carbonyl (C=O) groups excluding carboxylic acids is 2. The second-order valence-electron chi connectivity index (χ2n) is 12.0. The van der Waals surface area contributed by atoms with Crippen LogP contribution in [-0.2, 0) is 18.3 Å². The summed E-state index contributed by atoms with van der Waals surface area (Å²) in [7, 11) is 1.94. The van der Waals surface area contributed by atoms with E-state index in [9.17, 15) is 19.5 Å². The average molecular weight is 580 g/mol. The molecule has 0 spiro atoms. The summed E-state index contributed by atoms with van der Waals surface area (Å²) in [6.45, 7) is 8.01. The van der Waals surface area contributed by atoms with Gasteiger partial charge in [-0.05, 0) is 50.2 Å². The summed E-state index contributed by atoms with van der Waals surface area (Å²) in [6.07, 6.45) is 8.22. The molecule has 4 rings (SSSR count). The van der Waals surface area contributed by atoms with Crippen LogP contribution in [0.15, 0.2) is 34.9 Å². The zero-order valence-corrected chi connectivity index (χ0v) is 25.5. The summed E-state index contributed by atoms with van der Waals surface area (Å²) in [5.41, 5.74) is 8.13. The van der Waals surface area contributed by atoms with Crippen LogP contribution in [0.4, 0.5) is 4.79 Å². The van der Waals surface area contributed by atoms with Gasteiger partial charge >= 0.3 is 12.0 Å². The number of fused-ring (bicyclic) bond motifs is 1. The Morgan fingerprint density at radius 2 is 1.86 bits per heavy atom. The number of para-hydroxylation sites is 1. The van der Waals surface area contributed by atoms with Crippen molar-refractivity contribution in [1.82, 2.24) is 19.4 Å². The Morgan fingerprint density at radius 3 is 2.48 bits per heavy atom. The number of benzene rings is 1. The molecule has 2 aromatic heterocycles. The van der Waals surface area contributed by atoms with Gasteiger partial charge in [-0.1, -0.05) is 58.2 Å². The largest absolute Gasteiger partial charge is 0.476 e. The SMILES string of the molecule is CCCN(C(=O)N(C(=O)[C@@H](N)CC(C)C)[C@H](Cc1cn(C)c2ccccc12)c1nc(C(=O)O)c(C)o1)C1CCCCC1. The van der Waals surface area contributed by atoms with Gasteiger partial charge in [0, 0.05) is 43.2 Å². The second-order valence-corrected chi connectivity index (χ2v) is 12.0. The first-order valence-electron chi connectivity index (χ1n) is 15.2. The molecule has 3 aromatic rings. The third-order valence-electron chi connectivity index (χ3n) is 8.22. The molecule has 10 heteroatoms. The number of hydrogen-bond donors (Lipinski definition) is 2. The standard InChI is InChI=1S/C32H45N5O5/c1-6-16-36(23-12-8-7-9-13-23)32(41)37(30(38)25(33)17-20(2)3)27(29-34-28(31(39)40)21(4)42-29)18-22-19-35(5)26-15-11-10-14-24(22)26/h10-11,14-15,19-20,23,25,27H,6-9,12-13,16-18,33H2,1-5H3,(H,39,40)/t25-,27+/m0/s1. The van der Waals surface area contributed by atoms with Crippen molar-refractivity contribution >= 4 is 28.8 Å². The molecule has 0 bridgehead atoms. The number of nitrogens with two attached hydrogens (primary N) is 1. The van der Waals surface area contributed by atoms with Crippen molar-refractivity contribution < 1.29 is 23.9 Å². The Hall–Kier alpha value is -3.66. The van der Waals surface area contributed by atoms with Gasteiger partial charge in [-0.3, -0.25) is 4.79 Å². The van der Waals surface area contributed by atoms with Gasteiger partial charge in [0.2, 0.25) is 11.8 Å². The molecule has 2 heterocycles. The van der Waals surface area contributed by atoms with Crippen LogP contribution in [0.25, 0.3) is 10.9 Å². The number of nitrogens with zero attached hydrogens (tertiary/aromatic N) is 4. The molecule has 0 radical (unpaired) electrons. The van der Waals surface area contributed by atoms with E-state index in [1.54, 1.807) is 0 Å². The van der Waals surface area contributed by atoms with E-state index in [2.05, 4.69) is 4.98 Å². The van der Waals surface area contributed by atoms with Gasteiger partial charge in [0.05, 0.1) is 6.04 Å². The van der Waals surface area contributed by atoms with Gasteiger partial charge in [0.15, 0.2) is 5.69 Å². The molecule has 1 fully saturated rings. The Morgan fingerprint density at radius 1 is 1.17 bits per heavy atom. The molecular weight excluding hydrogens is 534 g/mol. The molecule has 0 aliphatic heterocycles. The zero-order valence-electron chi connectivity index (χ0n) is 25.5. The van der Waals surface area contributed by atoms with E-state index in [4.69, 9.17) is 10.2 Å². The van der Waals surface area contributed by atoms with Gasteiger partial charge in [-0.15, -0.1) is 0 Å². The lowest BCUT2D eigenvalue weighted by atomic mass is 9.94. The molecule has 1 aliphatic carbocycles. The van der Waals surface area contributed by atoms with E-state index in [0.29, 0.717) is 13.0 Å². The number of aromatic carboxylic acids is 1. The maximum Gasteiger partial charge on any atom is 0.358 e. The average Bonchev–Trinajstić information content (AvgIpc) is 3.50. The zero-order chi connectivity index (χ0) is 30.6. The van der Waals surface area contributed by atoms with Crippen LogP contribution in [0.2, 0.25) is 0 Å². The Labute approximate surface area is 247 Å².